The molecule has 0 aliphatic rings. The van der Waals surface area contributed by atoms with Gasteiger partial charge in [0.05, 0.1) is 0 Å². The molecule has 3 N–H and O–H groups in total. The van der Waals surface area contributed by atoms with E-state index in [1.54, 1.807) is 17.8 Å². The van der Waals surface area contributed by atoms with Gasteiger partial charge in [-0.05, 0) is 18.7 Å². The van der Waals surface area contributed by atoms with E-state index in [1.165, 1.54) is 6.07 Å². The van der Waals surface area contributed by atoms with Gasteiger partial charge in [-0.25, -0.2) is 0 Å². The van der Waals surface area contributed by atoms with Crippen molar-refractivity contribution < 1.29 is 10.2 Å². The third-order valence-corrected chi connectivity index (χ3v) is 3.28. The Bertz CT molecular complexity index is 331. The summed E-state index contributed by atoms with van der Waals surface area (Å²) in [6.07, 6.45) is 3.14. The van der Waals surface area contributed by atoms with Gasteiger partial charge >= 0.3 is 0 Å². The van der Waals surface area contributed by atoms with Crippen LogP contribution < -0.4 is 5.32 Å². The van der Waals surface area contributed by atoms with Gasteiger partial charge in [-0.15, -0.1) is 0 Å². The molecule has 0 amide bonds. The van der Waals surface area contributed by atoms with Crippen LogP contribution in [0.4, 0.5) is 0 Å². The first-order valence-electron chi connectivity index (χ1n) is 5.41. The van der Waals surface area contributed by atoms with Gasteiger partial charge in [0.1, 0.15) is 0 Å². The molecule has 16 heavy (non-hydrogen) atoms. The summed E-state index contributed by atoms with van der Waals surface area (Å²) in [5, 5.41) is 22.3. The normalized spacial score (nSPS) is 12.6. The number of aromatic hydroxyl groups is 2. The van der Waals surface area contributed by atoms with Gasteiger partial charge in [-0.1, -0.05) is 19.1 Å². The molecular formula is C12H19NO2S. The summed E-state index contributed by atoms with van der Waals surface area (Å²) in [5.41, 5.74) is 0.736. The second kappa shape index (κ2) is 6.66. The predicted molar refractivity (Wildman–Crippen MR) is 69.1 cm³/mol. The molecule has 0 fully saturated rings. The minimum Gasteiger partial charge on any atom is -0.504 e. The third-order valence-electron chi connectivity index (χ3n) is 2.54. The number of hydrogen-bond acceptors (Lipinski definition) is 4. The lowest BCUT2D eigenvalue weighted by Gasteiger charge is -2.16. The number of nitrogens with one attached hydrogen (secondary N) is 1. The highest BCUT2D eigenvalue weighted by atomic mass is 32.2. The van der Waals surface area contributed by atoms with Crippen molar-refractivity contribution in [3.63, 3.8) is 0 Å². The van der Waals surface area contributed by atoms with Crippen molar-refractivity contribution in [2.45, 2.75) is 25.9 Å². The molecule has 0 radical (unpaired) electrons. The lowest BCUT2D eigenvalue weighted by Crippen LogP contribution is -2.30. The molecular weight excluding hydrogens is 222 g/mol. The summed E-state index contributed by atoms with van der Waals surface area (Å²) in [6.45, 7) is 2.72. The maximum atomic E-state index is 9.62. The van der Waals surface area contributed by atoms with E-state index in [1.807, 2.05) is 6.07 Å². The van der Waals surface area contributed by atoms with Gasteiger partial charge in [-0.2, -0.15) is 11.8 Å². The van der Waals surface area contributed by atoms with E-state index < -0.39 is 0 Å². The van der Waals surface area contributed by atoms with Gasteiger partial charge in [-0.3, -0.25) is 0 Å². The molecule has 0 aliphatic carbocycles. The molecule has 3 nitrogen and oxygen atoms in total. The fourth-order valence-electron chi connectivity index (χ4n) is 1.50. The molecule has 1 aromatic rings. The summed E-state index contributed by atoms with van der Waals surface area (Å²) < 4.78 is 0. The second-order valence-corrected chi connectivity index (χ2v) is 4.64. The Balaban J connectivity index is 2.56. The molecule has 90 valence electrons. The number of phenols is 2. The van der Waals surface area contributed by atoms with Crippen LogP contribution in [0.2, 0.25) is 0 Å². The van der Waals surface area contributed by atoms with Crippen molar-refractivity contribution in [2.24, 2.45) is 0 Å². The maximum absolute atomic E-state index is 9.62. The number of phenolic OH excluding ortho intramolecular Hbond substituents is 2. The fraction of sp³-hybridized carbons (Fsp3) is 0.500. The van der Waals surface area contributed by atoms with Crippen molar-refractivity contribution in [2.75, 3.05) is 12.0 Å². The Morgan fingerprint density at radius 2 is 2.12 bits per heavy atom. The van der Waals surface area contributed by atoms with Crippen molar-refractivity contribution in [1.82, 2.24) is 5.32 Å². The first kappa shape index (κ1) is 13.2. The summed E-state index contributed by atoms with van der Waals surface area (Å²) >= 11 is 1.80. The van der Waals surface area contributed by atoms with Gasteiger partial charge in [0.2, 0.25) is 0 Å². The highest BCUT2D eigenvalue weighted by Gasteiger charge is 2.08. The minimum absolute atomic E-state index is 0.0194. The molecule has 0 spiro atoms. The van der Waals surface area contributed by atoms with E-state index in [0.717, 1.165) is 17.7 Å². The highest BCUT2D eigenvalue weighted by Crippen LogP contribution is 2.28. The molecule has 0 heterocycles. The number of para-hydroxylation sites is 1. The number of thioether (sulfide) groups is 1. The Morgan fingerprint density at radius 3 is 2.75 bits per heavy atom. The predicted octanol–water partition coefficient (Wildman–Crippen LogP) is 2.33. The van der Waals surface area contributed by atoms with Gasteiger partial charge < -0.3 is 15.5 Å². The molecule has 1 rings (SSSR count). The zero-order valence-corrected chi connectivity index (χ0v) is 10.5. The van der Waals surface area contributed by atoms with Crippen molar-refractivity contribution in [3.05, 3.63) is 23.8 Å². The Morgan fingerprint density at radius 1 is 1.38 bits per heavy atom. The monoisotopic (exact) mass is 241 g/mol. The van der Waals surface area contributed by atoms with Gasteiger partial charge in [0.25, 0.3) is 0 Å². The van der Waals surface area contributed by atoms with E-state index in [0.29, 0.717) is 12.6 Å². The van der Waals surface area contributed by atoms with Crippen LogP contribution in [-0.4, -0.2) is 28.3 Å². The molecule has 0 bridgehead atoms. The Kier molecular flexibility index (Phi) is 5.49. The van der Waals surface area contributed by atoms with Crippen LogP contribution in [-0.2, 0) is 6.54 Å². The number of rotatable bonds is 6. The lowest BCUT2D eigenvalue weighted by atomic mass is 10.1. The Hall–Kier alpha value is -0.870. The summed E-state index contributed by atoms with van der Waals surface area (Å²) in [7, 11) is 0. The zero-order valence-electron chi connectivity index (χ0n) is 9.73. The SMILES string of the molecule is CCC(CSC)NCc1cccc(O)c1O. The van der Waals surface area contributed by atoms with E-state index >= 15 is 0 Å². The van der Waals surface area contributed by atoms with Crippen LogP contribution in [0.5, 0.6) is 11.5 Å². The van der Waals surface area contributed by atoms with Crippen molar-refractivity contribution in [3.8, 4) is 11.5 Å². The summed E-state index contributed by atoms with van der Waals surface area (Å²) in [6, 6.07) is 5.48. The summed E-state index contributed by atoms with van der Waals surface area (Å²) in [4.78, 5) is 0. The largest absolute Gasteiger partial charge is 0.504 e. The highest BCUT2D eigenvalue weighted by molar-refractivity contribution is 7.98. The molecule has 1 atom stereocenters. The number of benzene rings is 1. The van der Waals surface area contributed by atoms with E-state index in [4.69, 9.17) is 0 Å². The Labute approximate surface area is 101 Å². The standard InChI is InChI=1S/C12H19NO2S/c1-3-10(8-16-2)13-7-9-5-4-6-11(14)12(9)15/h4-6,10,13-15H,3,7-8H2,1-2H3. The van der Waals surface area contributed by atoms with E-state index in [9.17, 15) is 10.2 Å². The smallest absolute Gasteiger partial charge is 0.161 e. The van der Waals surface area contributed by atoms with Crippen LogP contribution in [0.25, 0.3) is 0 Å². The molecule has 0 saturated carbocycles. The number of hydrogen-bond donors (Lipinski definition) is 3. The van der Waals surface area contributed by atoms with Crippen molar-refractivity contribution in [1.29, 1.82) is 0 Å². The van der Waals surface area contributed by atoms with Crippen LogP contribution in [0, 0.1) is 0 Å². The van der Waals surface area contributed by atoms with Crippen LogP contribution in [0.1, 0.15) is 18.9 Å². The van der Waals surface area contributed by atoms with Gasteiger partial charge in [0, 0.05) is 23.9 Å². The van der Waals surface area contributed by atoms with Crippen LogP contribution >= 0.6 is 11.8 Å². The van der Waals surface area contributed by atoms with Gasteiger partial charge in [0.15, 0.2) is 11.5 Å². The molecule has 4 heteroatoms. The van der Waals surface area contributed by atoms with Crippen LogP contribution in [0.3, 0.4) is 0 Å². The average Bonchev–Trinajstić information content (AvgIpc) is 2.29. The second-order valence-electron chi connectivity index (χ2n) is 3.73. The molecule has 0 aliphatic heterocycles. The van der Waals surface area contributed by atoms with E-state index in [-0.39, 0.29) is 11.5 Å². The summed E-state index contributed by atoms with van der Waals surface area (Å²) in [5.74, 6) is 0.974. The molecule has 1 unspecified atom stereocenters. The topological polar surface area (TPSA) is 52.5 Å². The quantitative estimate of drug-likeness (QED) is 0.669. The average molecular weight is 241 g/mol. The lowest BCUT2D eigenvalue weighted by molar-refractivity contribution is 0.396. The first-order valence-corrected chi connectivity index (χ1v) is 6.80. The first-order chi connectivity index (χ1) is 7.69. The minimum atomic E-state index is -0.0581. The molecule has 1 aromatic carbocycles. The van der Waals surface area contributed by atoms with E-state index in [2.05, 4.69) is 18.5 Å². The third kappa shape index (κ3) is 3.61. The maximum Gasteiger partial charge on any atom is 0.161 e. The zero-order chi connectivity index (χ0) is 12.0. The molecule has 0 saturated heterocycles. The van der Waals surface area contributed by atoms with Crippen LogP contribution in [0.15, 0.2) is 18.2 Å². The fourth-order valence-corrected chi connectivity index (χ4v) is 2.25. The van der Waals surface area contributed by atoms with Crippen molar-refractivity contribution >= 4 is 11.8 Å². The molecule has 0 aromatic heterocycles.